The summed E-state index contributed by atoms with van der Waals surface area (Å²) in [5.41, 5.74) is 3.10. The van der Waals surface area contributed by atoms with E-state index in [-0.39, 0.29) is 5.91 Å². The van der Waals surface area contributed by atoms with Crippen LogP contribution in [0.2, 0.25) is 5.02 Å². The maximum absolute atomic E-state index is 12.9. The van der Waals surface area contributed by atoms with Crippen LogP contribution in [-0.4, -0.2) is 33.9 Å². The van der Waals surface area contributed by atoms with Crippen LogP contribution in [0.5, 0.6) is 0 Å². The highest BCUT2D eigenvalue weighted by Crippen LogP contribution is 2.31. The van der Waals surface area contributed by atoms with Gasteiger partial charge in [-0.05, 0) is 38.0 Å². The largest absolute Gasteiger partial charge is 0.346 e. The Morgan fingerprint density at radius 1 is 1.44 bits per heavy atom. The Balaban J connectivity index is 2.35. The van der Waals surface area contributed by atoms with Gasteiger partial charge < -0.3 is 9.88 Å². The molecule has 0 unspecified atom stereocenters. The number of rotatable bonds is 8. The van der Waals surface area contributed by atoms with Gasteiger partial charge in [-0.25, -0.2) is 4.98 Å². The third kappa shape index (κ3) is 4.99. The monoisotopic (exact) mass is 384 g/mol. The molecule has 0 aromatic carbocycles. The highest BCUT2D eigenvalue weighted by molar-refractivity contribution is 6.33. The molecule has 0 fully saturated rings. The first-order valence-electron chi connectivity index (χ1n) is 9.16. The van der Waals surface area contributed by atoms with Crippen LogP contribution in [-0.2, 0) is 4.79 Å². The number of halogens is 1. The summed E-state index contributed by atoms with van der Waals surface area (Å²) in [5, 5.41) is 10.3. The zero-order valence-electron chi connectivity index (χ0n) is 16.1. The molecule has 0 aliphatic rings. The van der Waals surface area contributed by atoms with Crippen molar-refractivity contribution in [2.75, 3.05) is 13.1 Å². The maximum atomic E-state index is 12.9. The van der Waals surface area contributed by atoms with Gasteiger partial charge in [0.05, 0.1) is 17.5 Å². The second-order valence-corrected chi connectivity index (χ2v) is 6.75. The van der Waals surface area contributed by atoms with Gasteiger partial charge in [0.1, 0.15) is 5.65 Å². The number of allylic oxidation sites excluding steroid dienone is 3. The number of aromatic nitrogens is 2. The summed E-state index contributed by atoms with van der Waals surface area (Å²) >= 11 is 6.42. The third-order valence-corrected chi connectivity index (χ3v) is 4.70. The molecule has 0 radical (unpaired) electrons. The van der Waals surface area contributed by atoms with E-state index in [1.165, 1.54) is 0 Å². The van der Waals surface area contributed by atoms with Gasteiger partial charge in [-0.3, -0.25) is 4.79 Å². The summed E-state index contributed by atoms with van der Waals surface area (Å²) < 4.78 is 0. The van der Waals surface area contributed by atoms with Crippen LogP contribution in [0.4, 0.5) is 0 Å². The number of carbonyl (C=O) groups is 1. The highest BCUT2D eigenvalue weighted by atomic mass is 35.5. The molecular formula is C21H25ClN4O. The number of hydrogen-bond donors (Lipinski definition) is 1. The van der Waals surface area contributed by atoms with Crippen molar-refractivity contribution in [1.29, 1.82) is 5.26 Å². The number of amides is 1. The van der Waals surface area contributed by atoms with Crippen LogP contribution in [0, 0.1) is 11.3 Å². The van der Waals surface area contributed by atoms with E-state index in [0.29, 0.717) is 30.1 Å². The number of H-pyrrole nitrogens is 1. The summed E-state index contributed by atoms with van der Waals surface area (Å²) in [7, 11) is 0. The molecule has 142 valence electrons. The Hall–Kier alpha value is -2.58. The molecule has 0 bridgehead atoms. The predicted molar refractivity (Wildman–Crippen MR) is 110 cm³/mol. The molecule has 0 atom stereocenters. The van der Waals surface area contributed by atoms with Crippen molar-refractivity contribution in [1.82, 2.24) is 14.9 Å². The van der Waals surface area contributed by atoms with E-state index in [9.17, 15) is 4.79 Å². The van der Waals surface area contributed by atoms with Crippen molar-refractivity contribution in [2.24, 2.45) is 0 Å². The number of hydrogen-bond acceptors (Lipinski definition) is 3. The van der Waals surface area contributed by atoms with E-state index in [2.05, 4.69) is 23.0 Å². The van der Waals surface area contributed by atoms with Gasteiger partial charge in [0.15, 0.2) is 0 Å². The molecule has 1 amide bonds. The fraction of sp³-hybridized carbons (Fsp3) is 0.381. The molecule has 0 saturated carbocycles. The van der Waals surface area contributed by atoms with Crippen molar-refractivity contribution in [3.8, 4) is 6.07 Å². The van der Waals surface area contributed by atoms with Gasteiger partial charge in [0.25, 0.3) is 0 Å². The van der Waals surface area contributed by atoms with Crippen LogP contribution in [0.1, 0.15) is 45.6 Å². The number of fused-ring (bicyclic) bond motifs is 1. The Morgan fingerprint density at radius 2 is 2.22 bits per heavy atom. The van der Waals surface area contributed by atoms with Crippen molar-refractivity contribution in [3.05, 3.63) is 46.8 Å². The van der Waals surface area contributed by atoms with Crippen molar-refractivity contribution < 1.29 is 4.79 Å². The molecule has 2 aromatic heterocycles. The van der Waals surface area contributed by atoms with Gasteiger partial charge in [-0.1, -0.05) is 31.0 Å². The summed E-state index contributed by atoms with van der Waals surface area (Å²) in [6.45, 7) is 6.92. The minimum Gasteiger partial charge on any atom is -0.346 e. The van der Waals surface area contributed by atoms with Crippen molar-refractivity contribution >= 4 is 34.1 Å². The molecule has 2 aromatic rings. The highest BCUT2D eigenvalue weighted by Gasteiger charge is 2.17. The second kappa shape index (κ2) is 9.94. The topological polar surface area (TPSA) is 72.8 Å². The van der Waals surface area contributed by atoms with Gasteiger partial charge in [0.2, 0.25) is 5.91 Å². The number of aromatic amines is 1. The first-order chi connectivity index (χ1) is 13.0. The molecule has 0 spiro atoms. The maximum Gasteiger partial charge on any atom is 0.249 e. The average Bonchev–Trinajstić information content (AvgIpc) is 3.14. The zero-order valence-corrected chi connectivity index (χ0v) is 16.8. The van der Waals surface area contributed by atoms with E-state index < -0.39 is 0 Å². The standard InChI is InChI=1S/C21H25ClN4O/c1-4-6-11-26(12-7-9-23)21(27)15(3)13-16(5-2)19-17-8-10-24-20(17)25-14-18(19)22/h5,8,10,13-14H,4,6-7,11-12H2,1-3H3,(H,24,25)/b15-13+,16-5+. The van der Waals surface area contributed by atoms with Crippen LogP contribution >= 0.6 is 11.6 Å². The molecule has 0 aliphatic heterocycles. The third-order valence-electron chi connectivity index (χ3n) is 4.41. The number of nitriles is 1. The number of carbonyl (C=O) groups excluding carboxylic acids is 1. The van der Waals surface area contributed by atoms with Crippen molar-refractivity contribution in [2.45, 2.75) is 40.0 Å². The Morgan fingerprint density at radius 3 is 2.89 bits per heavy atom. The van der Waals surface area contributed by atoms with Crippen molar-refractivity contribution in [3.63, 3.8) is 0 Å². The summed E-state index contributed by atoms with van der Waals surface area (Å²) in [5.74, 6) is -0.0476. The Labute approximate surface area is 165 Å². The molecule has 2 rings (SSSR count). The van der Waals surface area contributed by atoms with E-state index in [1.807, 2.05) is 31.3 Å². The van der Waals surface area contributed by atoms with Crippen LogP contribution in [0.15, 0.2) is 36.2 Å². The van der Waals surface area contributed by atoms with E-state index in [0.717, 1.165) is 35.0 Å². The zero-order chi connectivity index (χ0) is 19.8. The molecular weight excluding hydrogens is 360 g/mol. The fourth-order valence-electron chi connectivity index (χ4n) is 2.97. The van der Waals surface area contributed by atoms with Gasteiger partial charge >= 0.3 is 0 Å². The van der Waals surface area contributed by atoms with Crippen LogP contribution in [0.3, 0.4) is 0 Å². The first kappa shape index (κ1) is 20.7. The molecule has 0 saturated heterocycles. The number of unbranched alkanes of at least 4 members (excludes halogenated alkanes) is 1. The normalized spacial score (nSPS) is 12.3. The lowest BCUT2D eigenvalue weighted by Crippen LogP contribution is -2.33. The number of nitrogens with zero attached hydrogens (tertiary/aromatic N) is 3. The summed E-state index contributed by atoms with van der Waals surface area (Å²) in [6.07, 6.45) is 9.49. The van der Waals surface area contributed by atoms with Gasteiger partial charge in [-0.2, -0.15) is 5.26 Å². The minimum atomic E-state index is -0.0476. The lowest BCUT2D eigenvalue weighted by molar-refractivity contribution is -0.127. The number of nitrogens with one attached hydrogen (secondary N) is 1. The second-order valence-electron chi connectivity index (χ2n) is 6.35. The SMILES string of the molecule is C/C=C(\C=C(/C)C(=O)N(CCC#N)CCCC)c1c(Cl)cnc2[nH]ccc12. The average molecular weight is 385 g/mol. The fourth-order valence-corrected chi connectivity index (χ4v) is 3.23. The van der Waals surface area contributed by atoms with Crippen LogP contribution in [0.25, 0.3) is 16.6 Å². The van der Waals surface area contributed by atoms with Crippen LogP contribution < -0.4 is 0 Å². The molecule has 6 heteroatoms. The Kier molecular flexibility index (Phi) is 7.63. The lowest BCUT2D eigenvalue weighted by atomic mass is 10.0. The smallest absolute Gasteiger partial charge is 0.249 e. The quantitative estimate of drug-likeness (QED) is 0.507. The minimum absolute atomic E-state index is 0.0476. The molecule has 27 heavy (non-hydrogen) atoms. The molecule has 2 heterocycles. The number of pyridine rings is 1. The van der Waals surface area contributed by atoms with Gasteiger partial charge in [0, 0.05) is 42.0 Å². The first-order valence-corrected chi connectivity index (χ1v) is 9.54. The lowest BCUT2D eigenvalue weighted by Gasteiger charge is -2.22. The van der Waals surface area contributed by atoms with E-state index in [4.69, 9.17) is 16.9 Å². The molecule has 5 nitrogen and oxygen atoms in total. The predicted octanol–water partition coefficient (Wildman–Crippen LogP) is 5.11. The van der Waals surface area contributed by atoms with E-state index in [1.54, 1.807) is 18.0 Å². The summed E-state index contributed by atoms with van der Waals surface area (Å²) in [4.78, 5) is 22.0. The summed E-state index contributed by atoms with van der Waals surface area (Å²) in [6, 6.07) is 4.05. The molecule has 0 aliphatic carbocycles. The van der Waals surface area contributed by atoms with E-state index >= 15 is 0 Å². The van der Waals surface area contributed by atoms with Gasteiger partial charge in [-0.15, -0.1) is 0 Å². The Bertz CT molecular complexity index is 905. The molecule has 1 N–H and O–H groups in total.